The maximum atomic E-state index is 13.3. The average Bonchev–Trinajstić information content (AvgIpc) is 2.36. The van der Waals surface area contributed by atoms with Gasteiger partial charge in [-0.15, -0.1) is 0 Å². The number of amides is 1. The zero-order chi connectivity index (χ0) is 16.0. The summed E-state index contributed by atoms with van der Waals surface area (Å²) in [5.41, 5.74) is 0.530. The van der Waals surface area contributed by atoms with Crippen molar-refractivity contribution in [2.45, 2.75) is 53.5 Å². The van der Waals surface area contributed by atoms with Gasteiger partial charge in [0.15, 0.2) is 11.6 Å². The molecule has 0 heterocycles. The molecule has 0 radical (unpaired) electrons. The minimum atomic E-state index is -0.869. The van der Waals surface area contributed by atoms with Crippen LogP contribution in [-0.4, -0.2) is 17.4 Å². The first kappa shape index (κ1) is 17.6. The number of hydrogen-bond acceptors (Lipinski definition) is 1. The molecule has 0 unspecified atom stereocenters. The molecule has 1 aromatic rings. The van der Waals surface area contributed by atoms with E-state index in [2.05, 4.69) is 6.92 Å². The van der Waals surface area contributed by atoms with Gasteiger partial charge in [-0.1, -0.05) is 40.2 Å². The van der Waals surface area contributed by atoms with Crippen molar-refractivity contribution < 1.29 is 13.6 Å². The zero-order valence-electron chi connectivity index (χ0n) is 13.4. The number of nitrogens with zero attached hydrogens (tertiary/aromatic N) is 1. The van der Waals surface area contributed by atoms with Crippen molar-refractivity contribution in [2.24, 2.45) is 5.41 Å². The van der Waals surface area contributed by atoms with E-state index in [-0.39, 0.29) is 11.3 Å². The molecule has 118 valence electrons. The van der Waals surface area contributed by atoms with Crippen LogP contribution in [0.2, 0.25) is 0 Å². The number of carbonyl (C=O) groups is 1. The van der Waals surface area contributed by atoms with Crippen LogP contribution >= 0.6 is 0 Å². The van der Waals surface area contributed by atoms with E-state index >= 15 is 0 Å². The topological polar surface area (TPSA) is 20.3 Å². The summed E-state index contributed by atoms with van der Waals surface area (Å²) in [6.07, 6.45) is 2.33. The third-order valence-electron chi connectivity index (χ3n) is 3.17. The van der Waals surface area contributed by atoms with Crippen molar-refractivity contribution in [3.63, 3.8) is 0 Å². The number of carbonyl (C=O) groups excluding carboxylic acids is 1. The molecule has 1 aromatic carbocycles. The standard InChI is InChI=1S/C17H25F2NO/c1-5-6-9-20(16(21)11-17(2,3)4)12-13-7-8-14(18)15(19)10-13/h7-8,10H,5-6,9,11-12H2,1-4H3. The van der Waals surface area contributed by atoms with Crippen LogP contribution in [0.15, 0.2) is 18.2 Å². The third kappa shape index (κ3) is 6.23. The fraction of sp³-hybridized carbons (Fsp3) is 0.588. The van der Waals surface area contributed by atoms with Crippen molar-refractivity contribution >= 4 is 5.91 Å². The highest BCUT2D eigenvalue weighted by molar-refractivity contribution is 5.76. The minimum absolute atomic E-state index is 0.0562. The highest BCUT2D eigenvalue weighted by atomic mass is 19.2. The molecule has 0 bridgehead atoms. The molecule has 1 amide bonds. The molecular formula is C17H25F2NO. The van der Waals surface area contributed by atoms with Crippen LogP contribution in [0, 0.1) is 17.0 Å². The molecule has 0 aromatic heterocycles. The van der Waals surface area contributed by atoms with Crippen LogP contribution in [-0.2, 0) is 11.3 Å². The van der Waals surface area contributed by atoms with Crippen molar-refractivity contribution in [1.29, 1.82) is 0 Å². The summed E-state index contributed by atoms with van der Waals surface area (Å²) >= 11 is 0. The summed E-state index contributed by atoms with van der Waals surface area (Å²) in [6, 6.07) is 3.80. The second-order valence-electron chi connectivity index (χ2n) is 6.65. The lowest BCUT2D eigenvalue weighted by Gasteiger charge is -2.27. The molecule has 21 heavy (non-hydrogen) atoms. The van der Waals surface area contributed by atoms with Gasteiger partial charge in [0.1, 0.15) is 0 Å². The average molecular weight is 297 g/mol. The minimum Gasteiger partial charge on any atom is -0.338 e. The highest BCUT2D eigenvalue weighted by Gasteiger charge is 2.21. The van der Waals surface area contributed by atoms with Crippen LogP contribution in [0.5, 0.6) is 0 Å². The summed E-state index contributed by atoms with van der Waals surface area (Å²) in [5, 5.41) is 0. The summed E-state index contributed by atoms with van der Waals surface area (Å²) in [6.45, 7) is 9.07. The van der Waals surface area contributed by atoms with E-state index in [0.29, 0.717) is 25.1 Å². The molecular weight excluding hydrogens is 272 g/mol. The number of benzene rings is 1. The van der Waals surface area contributed by atoms with Gasteiger partial charge in [-0.2, -0.15) is 0 Å². The monoisotopic (exact) mass is 297 g/mol. The Balaban J connectivity index is 2.81. The summed E-state index contributed by atoms with van der Waals surface area (Å²) in [7, 11) is 0. The van der Waals surface area contributed by atoms with E-state index in [1.54, 1.807) is 4.90 Å². The predicted octanol–water partition coefficient (Wildman–Crippen LogP) is 4.53. The van der Waals surface area contributed by atoms with Crippen molar-refractivity contribution in [3.05, 3.63) is 35.4 Å². The lowest BCUT2D eigenvalue weighted by Crippen LogP contribution is -2.34. The Morgan fingerprint density at radius 3 is 2.38 bits per heavy atom. The molecule has 4 heteroatoms. The molecule has 0 N–H and O–H groups in total. The molecule has 0 saturated carbocycles. The van der Waals surface area contributed by atoms with E-state index in [1.165, 1.54) is 12.1 Å². The summed E-state index contributed by atoms with van der Waals surface area (Å²) < 4.78 is 26.2. The first-order valence-electron chi connectivity index (χ1n) is 7.44. The largest absolute Gasteiger partial charge is 0.338 e. The lowest BCUT2D eigenvalue weighted by atomic mass is 9.91. The SMILES string of the molecule is CCCCN(Cc1ccc(F)c(F)c1)C(=O)CC(C)(C)C. The van der Waals surface area contributed by atoms with Gasteiger partial charge in [0.25, 0.3) is 0 Å². The molecule has 0 atom stereocenters. The smallest absolute Gasteiger partial charge is 0.223 e. The Labute approximate surface area is 126 Å². The molecule has 1 rings (SSSR count). The maximum Gasteiger partial charge on any atom is 0.223 e. The van der Waals surface area contributed by atoms with E-state index in [4.69, 9.17) is 0 Å². The fourth-order valence-electron chi connectivity index (χ4n) is 2.06. The quantitative estimate of drug-likeness (QED) is 0.755. The molecule has 0 aliphatic heterocycles. The van der Waals surface area contributed by atoms with E-state index in [9.17, 15) is 13.6 Å². The second kappa shape index (κ2) is 7.53. The summed E-state index contributed by atoms with van der Waals surface area (Å²) in [4.78, 5) is 14.1. The predicted molar refractivity (Wildman–Crippen MR) is 80.8 cm³/mol. The van der Waals surface area contributed by atoms with Gasteiger partial charge < -0.3 is 4.90 Å². The van der Waals surface area contributed by atoms with Gasteiger partial charge >= 0.3 is 0 Å². The Morgan fingerprint density at radius 2 is 1.86 bits per heavy atom. The third-order valence-corrected chi connectivity index (χ3v) is 3.17. The second-order valence-corrected chi connectivity index (χ2v) is 6.65. The van der Waals surface area contributed by atoms with Gasteiger partial charge in [0.2, 0.25) is 5.91 Å². The molecule has 0 aliphatic carbocycles. The van der Waals surface area contributed by atoms with Gasteiger partial charge in [0.05, 0.1) is 0 Å². The van der Waals surface area contributed by atoms with Crippen LogP contribution in [0.1, 0.15) is 52.5 Å². The van der Waals surface area contributed by atoms with Crippen LogP contribution in [0.4, 0.5) is 8.78 Å². The van der Waals surface area contributed by atoms with E-state index in [1.807, 2.05) is 20.8 Å². The van der Waals surface area contributed by atoms with E-state index in [0.717, 1.165) is 18.9 Å². The Bertz CT molecular complexity index is 480. The van der Waals surface area contributed by atoms with Crippen molar-refractivity contribution in [2.75, 3.05) is 6.54 Å². The van der Waals surface area contributed by atoms with E-state index < -0.39 is 11.6 Å². The Hall–Kier alpha value is -1.45. The van der Waals surface area contributed by atoms with Crippen molar-refractivity contribution in [3.8, 4) is 0 Å². The number of halogens is 2. The zero-order valence-corrected chi connectivity index (χ0v) is 13.4. The number of unbranched alkanes of at least 4 members (excludes halogenated alkanes) is 1. The normalized spacial score (nSPS) is 11.5. The summed E-state index contributed by atoms with van der Waals surface area (Å²) in [5.74, 6) is -1.67. The van der Waals surface area contributed by atoms with Crippen LogP contribution in [0.25, 0.3) is 0 Å². The lowest BCUT2D eigenvalue weighted by molar-refractivity contribution is -0.133. The van der Waals surface area contributed by atoms with Crippen LogP contribution < -0.4 is 0 Å². The van der Waals surface area contributed by atoms with Gasteiger partial charge in [0, 0.05) is 19.5 Å². The molecule has 0 saturated heterocycles. The first-order chi connectivity index (χ1) is 9.73. The first-order valence-corrected chi connectivity index (χ1v) is 7.44. The molecule has 2 nitrogen and oxygen atoms in total. The van der Waals surface area contributed by atoms with Gasteiger partial charge in [-0.3, -0.25) is 4.79 Å². The maximum absolute atomic E-state index is 13.3. The molecule has 0 aliphatic rings. The Morgan fingerprint density at radius 1 is 1.19 bits per heavy atom. The van der Waals surface area contributed by atoms with Crippen LogP contribution in [0.3, 0.4) is 0 Å². The number of rotatable bonds is 6. The number of hydrogen-bond donors (Lipinski definition) is 0. The molecule has 0 fully saturated rings. The van der Waals surface area contributed by atoms with Crippen molar-refractivity contribution in [1.82, 2.24) is 4.90 Å². The Kier molecular flexibility index (Phi) is 6.31. The highest BCUT2D eigenvalue weighted by Crippen LogP contribution is 2.21. The fourth-order valence-corrected chi connectivity index (χ4v) is 2.06. The van der Waals surface area contributed by atoms with Gasteiger partial charge in [-0.05, 0) is 29.5 Å². The van der Waals surface area contributed by atoms with Gasteiger partial charge in [-0.25, -0.2) is 8.78 Å². The molecule has 0 spiro atoms.